The van der Waals surface area contributed by atoms with Crippen LogP contribution in [0.4, 0.5) is 8.78 Å². The lowest BCUT2D eigenvalue weighted by atomic mass is 10.2. The van der Waals surface area contributed by atoms with Crippen molar-refractivity contribution in [1.82, 2.24) is 15.2 Å². The molecule has 0 bridgehead atoms. The van der Waals surface area contributed by atoms with Crippen LogP contribution in [0.25, 0.3) is 11.5 Å². The van der Waals surface area contributed by atoms with Crippen LogP contribution in [0, 0.1) is 18.6 Å². The zero-order valence-electron chi connectivity index (χ0n) is 13.6. The number of likely N-dealkylation sites (tertiary alicyclic amines) is 1. The van der Waals surface area contributed by atoms with E-state index in [1.807, 2.05) is 0 Å². The molecule has 24 heavy (non-hydrogen) atoms. The number of nitrogens with one attached hydrogen (secondary N) is 1. The minimum Gasteiger partial charge on any atom is -0.441 e. The molecule has 5 nitrogen and oxygen atoms in total. The molecule has 1 fully saturated rings. The largest absolute Gasteiger partial charge is 0.441 e. The molecule has 1 aromatic carbocycles. The number of oxazole rings is 1. The summed E-state index contributed by atoms with van der Waals surface area (Å²) in [6, 6.07) is 4.05. The Morgan fingerprint density at radius 3 is 3.00 bits per heavy atom. The number of aryl methyl sites for hydroxylation is 1. The number of nitrogens with zero attached hydrogens (tertiary/aromatic N) is 2. The van der Waals surface area contributed by atoms with Crippen molar-refractivity contribution in [2.45, 2.75) is 32.9 Å². The van der Waals surface area contributed by atoms with Crippen LogP contribution in [0.5, 0.6) is 0 Å². The van der Waals surface area contributed by atoms with Gasteiger partial charge in [0.15, 0.2) is 11.6 Å². The molecule has 2 heterocycles. The van der Waals surface area contributed by atoms with Crippen LogP contribution >= 0.6 is 0 Å². The summed E-state index contributed by atoms with van der Waals surface area (Å²) in [7, 11) is 0. The van der Waals surface area contributed by atoms with Gasteiger partial charge in [-0.1, -0.05) is 6.07 Å². The molecular formula is C17H19F2N3O2. The van der Waals surface area contributed by atoms with Crippen molar-refractivity contribution in [3.8, 4) is 11.5 Å². The monoisotopic (exact) mass is 335 g/mol. The predicted octanol–water partition coefficient (Wildman–Crippen LogP) is 2.64. The van der Waals surface area contributed by atoms with Gasteiger partial charge in [0.2, 0.25) is 11.8 Å². The van der Waals surface area contributed by atoms with E-state index in [1.54, 1.807) is 6.92 Å². The van der Waals surface area contributed by atoms with Gasteiger partial charge in [-0.05, 0) is 25.5 Å². The van der Waals surface area contributed by atoms with Gasteiger partial charge < -0.3 is 9.73 Å². The summed E-state index contributed by atoms with van der Waals surface area (Å²) in [5.41, 5.74) is 0.707. The second-order valence-corrected chi connectivity index (χ2v) is 6.04. The summed E-state index contributed by atoms with van der Waals surface area (Å²) < 4.78 is 32.8. The maximum absolute atomic E-state index is 13.9. The van der Waals surface area contributed by atoms with Gasteiger partial charge in [0.1, 0.15) is 5.76 Å². The number of hydrogen-bond donors (Lipinski definition) is 1. The van der Waals surface area contributed by atoms with Crippen LogP contribution in [-0.4, -0.2) is 34.9 Å². The van der Waals surface area contributed by atoms with E-state index in [2.05, 4.69) is 15.2 Å². The van der Waals surface area contributed by atoms with Gasteiger partial charge >= 0.3 is 0 Å². The fourth-order valence-electron chi connectivity index (χ4n) is 2.95. The number of carbonyl (C=O) groups is 1. The van der Waals surface area contributed by atoms with Crippen molar-refractivity contribution in [2.75, 3.05) is 13.1 Å². The highest BCUT2D eigenvalue weighted by atomic mass is 19.2. The highest BCUT2D eigenvalue weighted by molar-refractivity contribution is 5.73. The molecule has 0 saturated carbocycles. The molecule has 1 saturated heterocycles. The van der Waals surface area contributed by atoms with Crippen molar-refractivity contribution in [2.24, 2.45) is 0 Å². The van der Waals surface area contributed by atoms with Gasteiger partial charge in [0.05, 0.1) is 11.3 Å². The van der Waals surface area contributed by atoms with Crippen molar-refractivity contribution < 1.29 is 18.0 Å². The van der Waals surface area contributed by atoms with Crippen LogP contribution in [0.15, 0.2) is 22.6 Å². The van der Waals surface area contributed by atoms with E-state index in [1.165, 1.54) is 19.1 Å². The average molecular weight is 335 g/mol. The first-order valence-electron chi connectivity index (χ1n) is 7.84. The predicted molar refractivity (Wildman–Crippen MR) is 84.1 cm³/mol. The van der Waals surface area contributed by atoms with E-state index in [9.17, 15) is 13.6 Å². The standard InChI is InChI=1S/C17H19F2N3O2/c1-10-15(9-22-7-6-12(8-22)20-11(2)23)21-17(24-10)13-4-3-5-14(18)16(13)19/h3-5,12H,6-9H2,1-2H3,(H,20,23). The molecule has 0 aliphatic carbocycles. The van der Waals surface area contributed by atoms with E-state index in [4.69, 9.17) is 4.42 Å². The number of benzene rings is 1. The van der Waals surface area contributed by atoms with Gasteiger partial charge in [0, 0.05) is 32.6 Å². The molecule has 3 rings (SSSR count). The van der Waals surface area contributed by atoms with E-state index >= 15 is 0 Å². The molecular weight excluding hydrogens is 316 g/mol. The smallest absolute Gasteiger partial charge is 0.229 e. The Bertz CT molecular complexity index is 760. The van der Waals surface area contributed by atoms with Gasteiger partial charge in [0.25, 0.3) is 0 Å². The normalized spacial score (nSPS) is 18.1. The minimum absolute atomic E-state index is 0.0156. The van der Waals surface area contributed by atoms with Crippen LogP contribution < -0.4 is 5.32 Å². The second kappa shape index (κ2) is 6.68. The van der Waals surface area contributed by atoms with Gasteiger partial charge in [-0.2, -0.15) is 0 Å². The fraction of sp³-hybridized carbons (Fsp3) is 0.412. The van der Waals surface area contributed by atoms with Crippen molar-refractivity contribution >= 4 is 5.91 Å². The number of carbonyl (C=O) groups excluding carboxylic acids is 1. The Hall–Kier alpha value is -2.28. The van der Waals surface area contributed by atoms with Crippen LogP contribution in [0.1, 0.15) is 24.8 Å². The lowest BCUT2D eigenvalue weighted by molar-refractivity contribution is -0.119. The zero-order chi connectivity index (χ0) is 17.3. The van der Waals surface area contributed by atoms with Crippen LogP contribution in [-0.2, 0) is 11.3 Å². The first-order valence-corrected chi connectivity index (χ1v) is 7.84. The third-order valence-corrected chi connectivity index (χ3v) is 4.13. The lowest BCUT2D eigenvalue weighted by Gasteiger charge is -2.15. The molecule has 1 aliphatic rings. The Balaban J connectivity index is 1.73. The average Bonchev–Trinajstić information content (AvgIpc) is 3.09. The SMILES string of the molecule is CC(=O)NC1CCN(Cc2nc(-c3cccc(F)c3F)oc2C)C1. The number of aromatic nitrogens is 1. The summed E-state index contributed by atoms with van der Waals surface area (Å²) in [5, 5.41) is 2.90. The molecule has 1 aromatic heterocycles. The third kappa shape index (κ3) is 3.46. The Morgan fingerprint density at radius 2 is 2.25 bits per heavy atom. The Kier molecular flexibility index (Phi) is 4.62. The summed E-state index contributed by atoms with van der Waals surface area (Å²) in [5.74, 6) is -1.27. The third-order valence-electron chi connectivity index (χ3n) is 4.13. The maximum atomic E-state index is 13.9. The highest BCUT2D eigenvalue weighted by Crippen LogP contribution is 2.26. The summed E-state index contributed by atoms with van der Waals surface area (Å²) in [6.07, 6.45) is 0.877. The highest BCUT2D eigenvalue weighted by Gasteiger charge is 2.25. The topological polar surface area (TPSA) is 58.4 Å². The van der Waals surface area contributed by atoms with Crippen LogP contribution in [0.3, 0.4) is 0 Å². The molecule has 2 aromatic rings. The molecule has 1 amide bonds. The summed E-state index contributed by atoms with van der Waals surface area (Å²) in [6.45, 7) is 5.37. The second-order valence-electron chi connectivity index (χ2n) is 6.04. The quantitative estimate of drug-likeness (QED) is 0.933. The van der Waals surface area contributed by atoms with E-state index in [-0.39, 0.29) is 23.4 Å². The molecule has 0 radical (unpaired) electrons. The van der Waals surface area contributed by atoms with E-state index in [0.717, 1.165) is 25.6 Å². The fourth-order valence-corrected chi connectivity index (χ4v) is 2.95. The van der Waals surface area contributed by atoms with E-state index < -0.39 is 11.6 Å². The summed E-state index contributed by atoms with van der Waals surface area (Å²) >= 11 is 0. The number of hydrogen-bond acceptors (Lipinski definition) is 4. The molecule has 1 atom stereocenters. The van der Waals surface area contributed by atoms with Crippen molar-refractivity contribution in [3.05, 3.63) is 41.3 Å². The molecule has 0 spiro atoms. The van der Waals surface area contributed by atoms with E-state index in [0.29, 0.717) is 18.0 Å². The van der Waals surface area contributed by atoms with Gasteiger partial charge in [-0.25, -0.2) is 13.8 Å². The molecule has 128 valence electrons. The Labute approximate surface area is 138 Å². The molecule has 1 N–H and O–H groups in total. The number of rotatable bonds is 4. The van der Waals surface area contributed by atoms with Gasteiger partial charge in [-0.15, -0.1) is 0 Å². The molecule has 7 heteroatoms. The minimum atomic E-state index is -0.961. The van der Waals surface area contributed by atoms with Crippen LogP contribution in [0.2, 0.25) is 0 Å². The van der Waals surface area contributed by atoms with Crippen molar-refractivity contribution in [3.63, 3.8) is 0 Å². The van der Waals surface area contributed by atoms with Gasteiger partial charge in [-0.3, -0.25) is 9.69 Å². The maximum Gasteiger partial charge on any atom is 0.229 e. The first kappa shape index (κ1) is 16.6. The summed E-state index contributed by atoms with van der Waals surface area (Å²) in [4.78, 5) is 17.6. The zero-order valence-corrected chi connectivity index (χ0v) is 13.6. The lowest BCUT2D eigenvalue weighted by Crippen LogP contribution is -2.35. The van der Waals surface area contributed by atoms with Crippen molar-refractivity contribution in [1.29, 1.82) is 0 Å². The first-order chi connectivity index (χ1) is 11.4. The molecule has 1 unspecified atom stereocenters. The Morgan fingerprint density at radius 1 is 1.46 bits per heavy atom. The number of halogens is 2. The number of amides is 1. The molecule has 1 aliphatic heterocycles.